The van der Waals surface area contributed by atoms with E-state index in [1.807, 2.05) is 6.92 Å². The Hall–Kier alpha value is -0.300. The van der Waals surface area contributed by atoms with Crippen LogP contribution in [0.1, 0.15) is 136 Å². The lowest BCUT2D eigenvalue weighted by Crippen LogP contribution is -1.96. The lowest BCUT2D eigenvalue weighted by atomic mass is 10.0. The highest BCUT2D eigenvalue weighted by Crippen LogP contribution is 2.14. The molecule has 0 amide bonds. The van der Waals surface area contributed by atoms with Crippen molar-refractivity contribution in [2.24, 2.45) is 0 Å². The van der Waals surface area contributed by atoms with Gasteiger partial charge in [-0.2, -0.15) is 0 Å². The molecule has 0 fully saturated rings. The molecule has 0 aliphatic heterocycles. The number of rotatable bonds is 20. The van der Waals surface area contributed by atoms with E-state index in [1.54, 1.807) is 0 Å². The van der Waals surface area contributed by atoms with Crippen LogP contribution in [0.3, 0.4) is 0 Å². The SMILES string of the molecule is CCCCCCCCCCCCCCCCCCC=CCCC(C)O. The Balaban J connectivity index is 3.03. The summed E-state index contributed by atoms with van der Waals surface area (Å²) in [5, 5.41) is 9.17. The predicted molar refractivity (Wildman–Crippen MR) is 114 cm³/mol. The van der Waals surface area contributed by atoms with E-state index in [2.05, 4.69) is 19.1 Å². The Morgan fingerprint density at radius 3 is 1.32 bits per heavy atom. The van der Waals surface area contributed by atoms with Crippen LogP contribution in [-0.2, 0) is 0 Å². The third-order valence-electron chi connectivity index (χ3n) is 5.14. The van der Waals surface area contributed by atoms with Crippen molar-refractivity contribution in [1.29, 1.82) is 0 Å². The van der Waals surface area contributed by atoms with Crippen LogP contribution in [0.15, 0.2) is 12.2 Å². The molecular formula is C24H48O. The van der Waals surface area contributed by atoms with Gasteiger partial charge in [-0.25, -0.2) is 0 Å². The average Bonchev–Trinajstić information content (AvgIpc) is 2.60. The number of allylic oxidation sites excluding steroid dienone is 2. The maximum absolute atomic E-state index is 9.17. The van der Waals surface area contributed by atoms with Crippen molar-refractivity contribution in [2.75, 3.05) is 0 Å². The second-order valence-corrected chi connectivity index (χ2v) is 7.99. The van der Waals surface area contributed by atoms with Crippen LogP contribution >= 0.6 is 0 Å². The summed E-state index contributed by atoms with van der Waals surface area (Å²) in [5.41, 5.74) is 0. The first kappa shape index (κ1) is 24.7. The van der Waals surface area contributed by atoms with E-state index >= 15 is 0 Å². The molecule has 1 nitrogen and oxygen atoms in total. The maximum Gasteiger partial charge on any atom is 0.0515 e. The van der Waals surface area contributed by atoms with Crippen molar-refractivity contribution >= 4 is 0 Å². The highest BCUT2D eigenvalue weighted by atomic mass is 16.3. The molecule has 150 valence electrons. The summed E-state index contributed by atoms with van der Waals surface area (Å²) >= 11 is 0. The third kappa shape index (κ3) is 23.7. The van der Waals surface area contributed by atoms with Crippen molar-refractivity contribution < 1.29 is 5.11 Å². The third-order valence-corrected chi connectivity index (χ3v) is 5.14. The molecule has 0 aromatic rings. The van der Waals surface area contributed by atoms with Gasteiger partial charge >= 0.3 is 0 Å². The Bertz CT molecular complexity index is 257. The summed E-state index contributed by atoms with van der Waals surface area (Å²) < 4.78 is 0. The van der Waals surface area contributed by atoms with Crippen molar-refractivity contribution in [2.45, 2.75) is 142 Å². The first-order chi connectivity index (χ1) is 12.3. The van der Waals surface area contributed by atoms with Gasteiger partial charge in [0.25, 0.3) is 0 Å². The number of hydrogen-bond acceptors (Lipinski definition) is 1. The number of unbranched alkanes of at least 4 members (excludes halogenated alkanes) is 16. The molecular weight excluding hydrogens is 304 g/mol. The average molecular weight is 353 g/mol. The second-order valence-electron chi connectivity index (χ2n) is 7.99. The molecule has 0 aliphatic carbocycles. The zero-order chi connectivity index (χ0) is 18.4. The minimum atomic E-state index is -0.153. The molecule has 0 rings (SSSR count). The monoisotopic (exact) mass is 352 g/mol. The molecule has 1 N–H and O–H groups in total. The van der Waals surface area contributed by atoms with Gasteiger partial charge in [0.15, 0.2) is 0 Å². The fourth-order valence-electron chi connectivity index (χ4n) is 3.38. The molecule has 1 unspecified atom stereocenters. The molecule has 0 radical (unpaired) electrons. The first-order valence-electron chi connectivity index (χ1n) is 11.6. The normalized spacial score (nSPS) is 12.9. The van der Waals surface area contributed by atoms with E-state index in [-0.39, 0.29) is 6.10 Å². The van der Waals surface area contributed by atoms with Crippen LogP contribution < -0.4 is 0 Å². The maximum atomic E-state index is 9.17. The Morgan fingerprint density at radius 1 is 0.560 bits per heavy atom. The van der Waals surface area contributed by atoms with Crippen molar-refractivity contribution in [3.8, 4) is 0 Å². The Kier molecular flexibility index (Phi) is 21.5. The highest BCUT2D eigenvalue weighted by molar-refractivity contribution is 4.81. The topological polar surface area (TPSA) is 20.2 Å². The molecule has 1 atom stereocenters. The zero-order valence-electron chi connectivity index (χ0n) is 17.6. The molecule has 0 saturated carbocycles. The van der Waals surface area contributed by atoms with E-state index in [9.17, 15) is 0 Å². The number of aliphatic hydroxyl groups is 1. The highest BCUT2D eigenvalue weighted by Gasteiger charge is 1.94. The van der Waals surface area contributed by atoms with E-state index in [1.165, 1.54) is 109 Å². The van der Waals surface area contributed by atoms with Crippen LogP contribution in [0.5, 0.6) is 0 Å². The predicted octanol–water partition coefficient (Wildman–Crippen LogP) is 8.36. The van der Waals surface area contributed by atoms with Crippen molar-refractivity contribution in [1.82, 2.24) is 0 Å². The zero-order valence-corrected chi connectivity index (χ0v) is 17.6. The van der Waals surface area contributed by atoms with Gasteiger partial charge in [-0.05, 0) is 32.6 Å². The van der Waals surface area contributed by atoms with Gasteiger partial charge < -0.3 is 5.11 Å². The van der Waals surface area contributed by atoms with Gasteiger partial charge in [-0.1, -0.05) is 115 Å². The molecule has 0 spiro atoms. The summed E-state index contributed by atoms with van der Waals surface area (Å²) in [6.07, 6.45) is 30.5. The van der Waals surface area contributed by atoms with Gasteiger partial charge in [0.05, 0.1) is 6.10 Å². The number of aliphatic hydroxyl groups excluding tert-OH is 1. The first-order valence-corrected chi connectivity index (χ1v) is 11.6. The van der Waals surface area contributed by atoms with E-state index in [4.69, 9.17) is 5.11 Å². The standard InChI is InChI=1S/C24H48O/c1-3-4-5-6-7-8-9-10-11-12-13-14-15-16-17-18-19-20-21-22-23-24(2)25/h20-21,24-25H,3-19,22-23H2,1-2H3. The van der Waals surface area contributed by atoms with Crippen LogP contribution in [0.25, 0.3) is 0 Å². The summed E-state index contributed by atoms with van der Waals surface area (Å²) in [7, 11) is 0. The van der Waals surface area contributed by atoms with Gasteiger partial charge in [0, 0.05) is 0 Å². The molecule has 0 saturated heterocycles. The van der Waals surface area contributed by atoms with Crippen LogP contribution in [0, 0.1) is 0 Å². The lowest BCUT2D eigenvalue weighted by molar-refractivity contribution is 0.186. The molecule has 1 heteroatoms. The molecule has 0 aromatic carbocycles. The number of hydrogen-bond donors (Lipinski definition) is 1. The second kappa shape index (κ2) is 21.7. The fraction of sp³-hybridized carbons (Fsp3) is 0.917. The molecule has 0 aromatic heterocycles. The van der Waals surface area contributed by atoms with Crippen molar-refractivity contribution in [3.63, 3.8) is 0 Å². The van der Waals surface area contributed by atoms with Gasteiger partial charge in [0.2, 0.25) is 0 Å². The summed E-state index contributed by atoms with van der Waals surface area (Å²) in [6.45, 7) is 4.16. The minimum Gasteiger partial charge on any atom is -0.393 e. The minimum absolute atomic E-state index is 0.153. The van der Waals surface area contributed by atoms with Crippen LogP contribution in [-0.4, -0.2) is 11.2 Å². The summed E-state index contributed by atoms with van der Waals surface area (Å²) in [5.74, 6) is 0. The largest absolute Gasteiger partial charge is 0.393 e. The summed E-state index contributed by atoms with van der Waals surface area (Å²) in [4.78, 5) is 0. The van der Waals surface area contributed by atoms with Crippen LogP contribution in [0.2, 0.25) is 0 Å². The molecule has 0 aliphatic rings. The van der Waals surface area contributed by atoms with Crippen LogP contribution in [0.4, 0.5) is 0 Å². The molecule has 0 heterocycles. The molecule has 0 bridgehead atoms. The molecule has 25 heavy (non-hydrogen) atoms. The Morgan fingerprint density at radius 2 is 0.920 bits per heavy atom. The lowest BCUT2D eigenvalue weighted by Gasteiger charge is -2.03. The van der Waals surface area contributed by atoms with Crippen molar-refractivity contribution in [3.05, 3.63) is 12.2 Å². The van der Waals surface area contributed by atoms with Gasteiger partial charge in [0.1, 0.15) is 0 Å². The fourth-order valence-corrected chi connectivity index (χ4v) is 3.38. The Labute approximate surface area is 159 Å². The van der Waals surface area contributed by atoms with Gasteiger partial charge in [-0.15, -0.1) is 0 Å². The van der Waals surface area contributed by atoms with Gasteiger partial charge in [-0.3, -0.25) is 0 Å². The van der Waals surface area contributed by atoms with E-state index < -0.39 is 0 Å². The smallest absolute Gasteiger partial charge is 0.0515 e. The van der Waals surface area contributed by atoms with E-state index in [0.717, 1.165) is 12.8 Å². The quantitative estimate of drug-likeness (QED) is 0.172. The van der Waals surface area contributed by atoms with E-state index in [0.29, 0.717) is 0 Å². The summed E-state index contributed by atoms with van der Waals surface area (Å²) in [6, 6.07) is 0.